The van der Waals surface area contributed by atoms with Crippen molar-refractivity contribution in [3.63, 3.8) is 0 Å². The van der Waals surface area contributed by atoms with E-state index in [1.165, 1.54) is 15.3 Å². The smallest absolute Gasteiger partial charge is 0.256 e. The highest BCUT2D eigenvalue weighted by atomic mass is 16.6. The molecule has 4 atom stereocenters. The maximum Gasteiger partial charge on any atom is 0.256 e. The summed E-state index contributed by atoms with van der Waals surface area (Å²) in [4.78, 5) is 12.1. The molecule has 1 saturated heterocycles. The highest BCUT2D eigenvalue weighted by Gasteiger charge is 2.47. The van der Waals surface area contributed by atoms with Gasteiger partial charge < -0.3 is 20.7 Å². The molecule has 100 valence electrons. The van der Waals surface area contributed by atoms with Gasteiger partial charge in [0.1, 0.15) is 18.3 Å². The van der Waals surface area contributed by atoms with Gasteiger partial charge in [0.15, 0.2) is 17.4 Å². The maximum atomic E-state index is 12.1. The van der Waals surface area contributed by atoms with E-state index >= 15 is 0 Å². The summed E-state index contributed by atoms with van der Waals surface area (Å²) in [6.07, 6.45) is -3.82. The minimum Gasteiger partial charge on any atom is -0.397 e. The molecule has 0 aromatic carbocycles. The minimum absolute atomic E-state index is 0.202. The van der Waals surface area contributed by atoms with Crippen LogP contribution in [0, 0.1) is 0 Å². The molecule has 0 amide bonds. The van der Waals surface area contributed by atoms with Crippen molar-refractivity contribution in [1.82, 2.24) is 19.6 Å². The first kappa shape index (κ1) is 10.9. The van der Waals surface area contributed by atoms with Crippen LogP contribution >= 0.6 is 0 Å². The number of rotatable bonds is 0. The van der Waals surface area contributed by atoms with Crippen LogP contribution in [0.3, 0.4) is 0 Å². The van der Waals surface area contributed by atoms with Crippen LogP contribution in [0.4, 0.5) is 5.69 Å². The molecule has 4 heterocycles. The number of hydrogen-bond donors (Lipinski definition) is 3. The zero-order valence-corrected chi connectivity index (χ0v) is 9.67. The van der Waals surface area contributed by atoms with Crippen LogP contribution in [-0.2, 0) is 11.3 Å². The zero-order valence-electron chi connectivity index (χ0n) is 9.67. The van der Waals surface area contributed by atoms with Gasteiger partial charge in [-0.2, -0.15) is 0 Å². The lowest BCUT2D eigenvalue weighted by Gasteiger charge is -2.19. The molecular formula is C10H11N5O4. The maximum absolute atomic E-state index is 12.1. The molecule has 2 unspecified atom stereocenters. The van der Waals surface area contributed by atoms with Gasteiger partial charge in [-0.3, -0.25) is 9.36 Å². The van der Waals surface area contributed by atoms with E-state index in [1.54, 1.807) is 0 Å². The van der Waals surface area contributed by atoms with E-state index in [2.05, 4.69) is 10.3 Å². The van der Waals surface area contributed by atoms with Crippen LogP contribution in [0.2, 0.25) is 0 Å². The Bertz CT molecular complexity index is 737. The molecule has 4 N–H and O–H groups in total. The van der Waals surface area contributed by atoms with Crippen molar-refractivity contribution in [2.24, 2.45) is 0 Å². The van der Waals surface area contributed by atoms with Crippen molar-refractivity contribution in [2.45, 2.75) is 31.1 Å². The van der Waals surface area contributed by atoms with E-state index in [1.807, 2.05) is 0 Å². The topological polar surface area (TPSA) is 128 Å². The summed E-state index contributed by atoms with van der Waals surface area (Å²) in [7, 11) is 0. The molecule has 9 nitrogen and oxygen atoms in total. The number of pyridine rings is 1. The number of aromatic nitrogens is 4. The fourth-order valence-electron chi connectivity index (χ4n) is 2.74. The Hall–Kier alpha value is -1.97. The molecule has 2 aliphatic heterocycles. The van der Waals surface area contributed by atoms with Crippen molar-refractivity contribution in [1.29, 1.82) is 0 Å². The molecule has 2 aromatic rings. The second-order valence-electron chi connectivity index (χ2n) is 4.80. The standard InChI is InChI=1S/C10H11N5O4/c11-3-1-5(16)15-9-6(3)12-13-14(9)2-4-7(17)8(18)10(15)19-4/h1,4,7-8,10,17-18H,2,11H2/t4-,7?,8?,10-/m0/s1. The molecule has 9 heteroatoms. The van der Waals surface area contributed by atoms with Crippen molar-refractivity contribution in [3.05, 3.63) is 16.4 Å². The Labute approximate surface area is 105 Å². The van der Waals surface area contributed by atoms with Crippen LogP contribution in [0.15, 0.2) is 10.9 Å². The summed E-state index contributed by atoms with van der Waals surface area (Å²) in [5.74, 6) is 0. The Morgan fingerprint density at radius 3 is 3.00 bits per heavy atom. The SMILES string of the molecule is Nc1cc(=O)n2c3c1nnn3C[C@@H]1O[C@H]2C(O)C1O. The summed E-state index contributed by atoms with van der Waals surface area (Å²) < 4.78 is 8.24. The number of hydrogen-bond acceptors (Lipinski definition) is 7. The lowest BCUT2D eigenvalue weighted by Crippen LogP contribution is -2.38. The number of aliphatic hydroxyl groups excluding tert-OH is 2. The lowest BCUT2D eigenvalue weighted by atomic mass is 10.1. The van der Waals surface area contributed by atoms with Gasteiger partial charge in [0, 0.05) is 6.07 Å². The Morgan fingerprint density at radius 2 is 2.21 bits per heavy atom. The molecule has 4 rings (SSSR count). The van der Waals surface area contributed by atoms with E-state index in [4.69, 9.17) is 10.5 Å². The van der Waals surface area contributed by atoms with Gasteiger partial charge in [-0.15, -0.1) is 5.10 Å². The van der Waals surface area contributed by atoms with Crippen LogP contribution < -0.4 is 11.3 Å². The Balaban J connectivity index is 2.11. The van der Waals surface area contributed by atoms with Gasteiger partial charge in [0.25, 0.3) is 5.56 Å². The number of aliphatic hydroxyl groups is 2. The quantitative estimate of drug-likeness (QED) is 0.493. The third kappa shape index (κ3) is 1.21. The molecule has 0 saturated carbocycles. The largest absolute Gasteiger partial charge is 0.397 e. The number of ether oxygens (including phenoxy) is 1. The number of nitrogen functional groups attached to an aromatic ring is 1. The molecule has 0 radical (unpaired) electrons. The third-order valence-electron chi connectivity index (χ3n) is 3.67. The van der Waals surface area contributed by atoms with Crippen molar-refractivity contribution in [2.75, 3.05) is 5.73 Å². The molecule has 2 bridgehead atoms. The molecule has 2 aromatic heterocycles. The van der Waals surface area contributed by atoms with Crippen molar-refractivity contribution >= 4 is 16.9 Å². The predicted octanol–water partition coefficient (Wildman–Crippen LogP) is -2.19. The normalized spacial score (nSPS) is 32.7. The molecular weight excluding hydrogens is 254 g/mol. The minimum atomic E-state index is -1.17. The third-order valence-corrected chi connectivity index (χ3v) is 3.67. The highest BCUT2D eigenvalue weighted by molar-refractivity contribution is 5.83. The van der Waals surface area contributed by atoms with Gasteiger partial charge in [0.05, 0.1) is 12.2 Å². The second-order valence-corrected chi connectivity index (χ2v) is 4.80. The summed E-state index contributed by atoms with van der Waals surface area (Å²) >= 11 is 0. The van der Waals surface area contributed by atoms with Gasteiger partial charge in [0.2, 0.25) is 0 Å². The van der Waals surface area contributed by atoms with E-state index < -0.39 is 30.1 Å². The Kier molecular flexibility index (Phi) is 1.91. The van der Waals surface area contributed by atoms with Crippen LogP contribution in [0.5, 0.6) is 0 Å². The van der Waals surface area contributed by atoms with Gasteiger partial charge in [-0.05, 0) is 0 Å². The van der Waals surface area contributed by atoms with E-state index in [0.717, 1.165) is 0 Å². The lowest BCUT2D eigenvalue weighted by molar-refractivity contribution is -0.0351. The summed E-state index contributed by atoms with van der Waals surface area (Å²) in [5, 5.41) is 27.7. The zero-order chi connectivity index (χ0) is 13.3. The van der Waals surface area contributed by atoms with E-state index in [0.29, 0.717) is 11.2 Å². The number of nitrogens with two attached hydrogens (primary N) is 1. The monoisotopic (exact) mass is 265 g/mol. The number of fused-ring (bicyclic) bond motifs is 3. The van der Waals surface area contributed by atoms with Gasteiger partial charge in [-0.1, -0.05) is 5.21 Å². The fraction of sp³-hybridized carbons (Fsp3) is 0.500. The second kappa shape index (κ2) is 3.32. The highest BCUT2D eigenvalue weighted by Crippen LogP contribution is 2.34. The van der Waals surface area contributed by atoms with E-state index in [9.17, 15) is 15.0 Å². The van der Waals surface area contributed by atoms with Crippen molar-refractivity contribution in [3.8, 4) is 0 Å². The Morgan fingerprint density at radius 1 is 1.42 bits per heavy atom. The molecule has 0 aliphatic carbocycles. The molecule has 19 heavy (non-hydrogen) atoms. The summed E-state index contributed by atoms with van der Waals surface area (Å²) in [6.45, 7) is 0.202. The average Bonchev–Trinajstić information content (AvgIpc) is 2.82. The molecule has 0 spiro atoms. The average molecular weight is 265 g/mol. The first-order chi connectivity index (χ1) is 9.08. The number of nitrogens with zero attached hydrogens (tertiary/aromatic N) is 4. The van der Waals surface area contributed by atoms with Crippen molar-refractivity contribution < 1.29 is 14.9 Å². The van der Waals surface area contributed by atoms with Crippen LogP contribution in [0.25, 0.3) is 11.2 Å². The van der Waals surface area contributed by atoms with Crippen LogP contribution in [0.1, 0.15) is 6.23 Å². The van der Waals surface area contributed by atoms with Gasteiger partial charge >= 0.3 is 0 Å². The summed E-state index contributed by atoms with van der Waals surface area (Å²) in [5.41, 5.74) is 6.35. The predicted molar refractivity (Wildman–Crippen MR) is 62.1 cm³/mol. The fourth-order valence-corrected chi connectivity index (χ4v) is 2.74. The first-order valence-corrected chi connectivity index (χ1v) is 5.84. The molecule has 2 aliphatic rings. The van der Waals surface area contributed by atoms with E-state index in [-0.39, 0.29) is 12.2 Å². The summed E-state index contributed by atoms with van der Waals surface area (Å²) in [6, 6.07) is 1.21. The van der Waals surface area contributed by atoms with Crippen LogP contribution in [-0.4, -0.2) is 48.1 Å². The molecule has 1 fully saturated rings. The van der Waals surface area contributed by atoms with Gasteiger partial charge in [-0.25, -0.2) is 4.68 Å². The first-order valence-electron chi connectivity index (χ1n) is 5.84. The number of anilines is 1.